The van der Waals surface area contributed by atoms with Crippen LogP contribution < -0.4 is 10.1 Å². The van der Waals surface area contributed by atoms with Gasteiger partial charge in [-0.2, -0.15) is 5.10 Å². The molecule has 0 unspecified atom stereocenters. The molecule has 1 fully saturated rings. The monoisotopic (exact) mass is 336 g/mol. The van der Waals surface area contributed by atoms with Crippen molar-refractivity contribution in [2.75, 3.05) is 33.3 Å². The number of carbonyl (C=O) groups is 1. The van der Waals surface area contributed by atoms with Crippen LogP contribution in [0.5, 0.6) is 5.75 Å². The molecule has 1 saturated heterocycles. The van der Waals surface area contributed by atoms with Gasteiger partial charge in [0.25, 0.3) is 5.91 Å². The fourth-order valence-electron chi connectivity index (χ4n) is 2.53. The Labute approximate surface area is 141 Å². The summed E-state index contributed by atoms with van der Waals surface area (Å²) in [6, 6.07) is 9.34. The SMILES string of the molecule is COc1ccc(-n2ccc(C(=O)N3CCCNCC3)n2)cc1.Cl. The maximum absolute atomic E-state index is 12.5. The van der Waals surface area contributed by atoms with Crippen molar-refractivity contribution in [2.45, 2.75) is 6.42 Å². The normalized spacial score (nSPS) is 14.7. The molecule has 0 radical (unpaired) electrons. The first kappa shape index (κ1) is 17.3. The largest absolute Gasteiger partial charge is 0.497 e. The number of amides is 1. The average molecular weight is 337 g/mol. The average Bonchev–Trinajstić information content (AvgIpc) is 2.90. The van der Waals surface area contributed by atoms with E-state index in [1.165, 1.54) is 0 Å². The van der Waals surface area contributed by atoms with Crippen molar-refractivity contribution in [3.63, 3.8) is 0 Å². The van der Waals surface area contributed by atoms with E-state index in [1.54, 1.807) is 17.9 Å². The molecule has 2 aromatic rings. The zero-order valence-corrected chi connectivity index (χ0v) is 13.9. The second-order valence-corrected chi connectivity index (χ2v) is 5.24. The minimum Gasteiger partial charge on any atom is -0.497 e. The van der Waals surface area contributed by atoms with Crippen molar-refractivity contribution < 1.29 is 9.53 Å². The van der Waals surface area contributed by atoms with Crippen molar-refractivity contribution in [3.8, 4) is 11.4 Å². The van der Waals surface area contributed by atoms with Gasteiger partial charge in [-0.05, 0) is 43.3 Å². The van der Waals surface area contributed by atoms with Crippen LogP contribution in [0.15, 0.2) is 36.5 Å². The van der Waals surface area contributed by atoms with Crippen LogP contribution in [0.4, 0.5) is 0 Å². The lowest BCUT2D eigenvalue weighted by Crippen LogP contribution is -2.34. The summed E-state index contributed by atoms with van der Waals surface area (Å²) in [6.07, 6.45) is 2.79. The van der Waals surface area contributed by atoms with E-state index < -0.39 is 0 Å². The molecule has 0 spiro atoms. The summed E-state index contributed by atoms with van der Waals surface area (Å²) in [7, 11) is 1.63. The third-order valence-corrected chi connectivity index (χ3v) is 3.77. The Kier molecular flexibility index (Phi) is 6.01. The van der Waals surface area contributed by atoms with E-state index in [9.17, 15) is 4.79 Å². The molecule has 1 amide bonds. The van der Waals surface area contributed by atoms with Gasteiger partial charge in [-0.15, -0.1) is 12.4 Å². The van der Waals surface area contributed by atoms with Gasteiger partial charge in [0.1, 0.15) is 5.75 Å². The Bertz CT molecular complexity index is 634. The summed E-state index contributed by atoms with van der Waals surface area (Å²) in [5, 5.41) is 7.70. The van der Waals surface area contributed by atoms with Crippen molar-refractivity contribution in [2.24, 2.45) is 0 Å². The minimum absolute atomic E-state index is 0. The summed E-state index contributed by atoms with van der Waals surface area (Å²) in [4.78, 5) is 14.4. The Morgan fingerprint density at radius 3 is 2.70 bits per heavy atom. The van der Waals surface area contributed by atoms with Gasteiger partial charge in [0.15, 0.2) is 5.69 Å². The van der Waals surface area contributed by atoms with E-state index in [1.807, 2.05) is 35.4 Å². The van der Waals surface area contributed by atoms with Crippen molar-refractivity contribution in [1.82, 2.24) is 20.0 Å². The predicted octanol–water partition coefficient (Wildman–Crippen LogP) is 1.74. The Morgan fingerprint density at radius 1 is 1.17 bits per heavy atom. The lowest BCUT2D eigenvalue weighted by atomic mass is 10.3. The summed E-state index contributed by atoms with van der Waals surface area (Å²) in [5.74, 6) is 0.792. The third-order valence-electron chi connectivity index (χ3n) is 3.77. The summed E-state index contributed by atoms with van der Waals surface area (Å²) >= 11 is 0. The van der Waals surface area contributed by atoms with Gasteiger partial charge in [-0.3, -0.25) is 4.79 Å². The number of hydrogen-bond acceptors (Lipinski definition) is 4. The molecule has 6 nitrogen and oxygen atoms in total. The number of methoxy groups -OCH3 is 1. The third kappa shape index (κ3) is 4.03. The van der Waals surface area contributed by atoms with Gasteiger partial charge in [0.05, 0.1) is 12.8 Å². The molecule has 0 atom stereocenters. The Hall–Kier alpha value is -2.05. The van der Waals surface area contributed by atoms with Gasteiger partial charge in [-0.1, -0.05) is 0 Å². The lowest BCUT2D eigenvalue weighted by Gasteiger charge is -2.18. The second-order valence-electron chi connectivity index (χ2n) is 5.24. The smallest absolute Gasteiger partial charge is 0.274 e. The molecule has 1 aromatic heterocycles. The maximum Gasteiger partial charge on any atom is 0.274 e. The van der Waals surface area contributed by atoms with Gasteiger partial charge in [0.2, 0.25) is 0 Å². The summed E-state index contributed by atoms with van der Waals surface area (Å²) in [5.41, 5.74) is 1.38. The highest BCUT2D eigenvalue weighted by atomic mass is 35.5. The molecule has 7 heteroatoms. The standard InChI is InChI=1S/C16H20N4O2.ClH/c1-22-14-5-3-13(4-6-14)20-11-7-15(18-20)16(21)19-10-2-8-17-9-12-19;/h3-7,11,17H,2,8-10,12H2,1H3;1H. The van der Waals surface area contributed by atoms with Gasteiger partial charge >= 0.3 is 0 Å². The van der Waals surface area contributed by atoms with Crippen LogP contribution in [0.25, 0.3) is 5.69 Å². The number of aromatic nitrogens is 2. The molecule has 3 rings (SSSR count). The van der Waals surface area contributed by atoms with Crippen LogP contribution in [-0.2, 0) is 0 Å². The van der Waals surface area contributed by atoms with Gasteiger partial charge in [-0.25, -0.2) is 4.68 Å². The van der Waals surface area contributed by atoms with Crippen LogP contribution in [0, 0.1) is 0 Å². The molecular weight excluding hydrogens is 316 g/mol. The molecule has 23 heavy (non-hydrogen) atoms. The van der Waals surface area contributed by atoms with Crippen molar-refractivity contribution in [3.05, 3.63) is 42.2 Å². The highest BCUT2D eigenvalue weighted by Crippen LogP contribution is 2.15. The van der Waals surface area contributed by atoms with Crippen molar-refractivity contribution in [1.29, 1.82) is 0 Å². The number of halogens is 1. The number of hydrogen-bond donors (Lipinski definition) is 1. The molecule has 1 aliphatic heterocycles. The number of nitrogens with zero attached hydrogens (tertiary/aromatic N) is 3. The van der Waals surface area contributed by atoms with Crippen LogP contribution in [0.3, 0.4) is 0 Å². The quantitative estimate of drug-likeness (QED) is 0.927. The van der Waals surface area contributed by atoms with Gasteiger partial charge < -0.3 is 15.0 Å². The van der Waals surface area contributed by atoms with Crippen molar-refractivity contribution >= 4 is 18.3 Å². The molecule has 1 aliphatic rings. The van der Waals surface area contributed by atoms with E-state index in [4.69, 9.17) is 4.74 Å². The van der Waals surface area contributed by atoms with E-state index in [0.717, 1.165) is 44.0 Å². The first-order valence-corrected chi connectivity index (χ1v) is 7.48. The topological polar surface area (TPSA) is 59.4 Å². The molecule has 2 heterocycles. The molecule has 0 saturated carbocycles. The van der Waals surface area contributed by atoms with Crippen LogP contribution in [-0.4, -0.2) is 53.9 Å². The van der Waals surface area contributed by atoms with E-state index in [0.29, 0.717) is 5.69 Å². The second kappa shape index (κ2) is 7.99. The zero-order chi connectivity index (χ0) is 15.4. The molecule has 0 aliphatic carbocycles. The predicted molar refractivity (Wildman–Crippen MR) is 90.8 cm³/mol. The van der Waals surface area contributed by atoms with Crippen LogP contribution in [0.1, 0.15) is 16.9 Å². The Balaban J connectivity index is 0.00000192. The van der Waals surface area contributed by atoms with Gasteiger partial charge in [0, 0.05) is 25.8 Å². The highest BCUT2D eigenvalue weighted by molar-refractivity contribution is 5.92. The molecule has 0 bridgehead atoms. The fourth-order valence-corrected chi connectivity index (χ4v) is 2.53. The van der Waals surface area contributed by atoms with Crippen LogP contribution in [0.2, 0.25) is 0 Å². The first-order chi connectivity index (χ1) is 10.8. The van der Waals surface area contributed by atoms with E-state index in [-0.39, 0.29) is 18.3 Å². The number of ether oxygens (including phenoxy) is 1. The molecular formula is C16H21ClN4O2. The minimum atomic E-state index is -0.00374. The molecule has 1 N–H and O–H groups in total. The number of rotatable bonds is 3. The lowest BCUT2D eigenvalue weighted by molar-refractivity contribution is 0.0760. The Morgan fingerprint density at radius 2 is 1.96 bits per heavy atom. The van der Waals surface area contributed by atoms with E-state index in [2.05, 4.69) is 10.4 Å². The number of carbonyl (C=O) groups excluding carboxylic acids is 1. The fraction of sp³-hybridized carbons (Fsp3) is 0.375. The first-order valence-electron chi connectivity index (χ1n) is 7.48. The number of nitrogens with one attached hydrogen (secondary N) is 1. The molecule has 1 aromatic carbocycles. The summed E-state index contributed by atoms with van der Waals surface area (Å²) in [6.45, 7) is 3.31. The maximum atomic E-state index is 12.5. The highest BCUT2D eigenvalue weighted by Gasteiger charge is 2.19. The zero-order valence-electron chi connectivity index (χ0n) is 13.1. The van der Waals surface area contributed by atoms with E-state index >= 15 is 0 Å². The number of benzene rings is 1. The summed E-state index contributed by atoms with van der Waals surface area (Å²) < 4.78 is 6.85. The van der Waals surface area contributed by atoms with Crippen LogP contribution >= 0.6 is 12.4 Å². The molecule has 124 valence electrons.